The summed E-state index contributed by atoms with van der Waals surface area (Å²) < 4.78 is 0. The van der Waals surface area contributed by atoms with Crippen molar-refractivity contribution in [3.63, 3.8) is 0 Å². The molecule has 0 fully saturated rings. The number of hydrogen-bond donors (Lipinski definition) is 3. The van der Waals surface area contributed by atoms with E-state index < -0.39 is 0 Å². The van der Waals surface area contributed by atoms with Crippen molar-refractivity contribution < 1.29 is 0 Å². The Labute approximate surface area is 172 Å². The molecule has 1 aliphatic rings. The van der Waals surface area contributed by atoms with Crippen LogP contribution >= 0.6 is 0 Å². The highest BCUT2D eigenvalue weighted by molar-refractivity contribution is 5.97. The molecule has 4 aromatic heterocycles. The van der Waals surface area contributed by atoms with E-state index in [1.165, 1.54) is 5.57 Å². The lowest BCUT2D eigenvalue weighted by Gasteiger charge is -2.13. The molecule has 0 radical (unpaired) electrons. The van der Waals surface area contributed by atoms with Crippen LogP contribution in [0.1, 0.15) is 12.1 Å². The normalized spacial score (nSPS) is 14.3. The largest absolute Gasteiger partial charge is 0.337 e. The van der Waals surface area contributed by atoms with Gasteiger partial charge in [0.15, 0.2) is 5.82 Å². The number of aromatic nitrogens is 6. The minimum Gasteiger partial charge on any atom is -0.337 e. The Morgan fingerprint density at radius 1 is 1.00 bits per heavy atom. The third kappa shape index (κ3) is 2.79. The summed E-state index contributed by atoms with van der Waals surface area (Å²) in [6.45, 7) is 1.86. The first-order valence-corrected chi connectivity index (χ1v) is 10.0. The van der Waals surface area contributed by atoms with E-state index in [-0.39, 0.29) is 0 Å². The van der Waals surface area contributed by atoms with E-state index in [2.05, 4.69) is 48.7 Å². The quantitative estimate of drug-likeness (QED) is 0.432. The Balaban J connectivity index is 1.50. The van der Waals surface area contributed by atoms with Crippen molar-refractivity contribution in [2.45, 2.75) is 6.42 Å². The van der Waals surface area contributed by atoms with Crippen LogP contribution in [0.3, 0.4) is 0 Å². The second kappa shape index (κ2) is 6.89. The number of pyridine rings is 2. The van der Waals surface area contributed by atoms with Crippen LogP contribution in [0.2, 0.25) is 0 Å². The van der Waals surface area contributed by atoms with Crippen molar-refractivity contribution in [1.29, 1.82) is 0 Å². The van der Waals surface area contributed by atoms with Gasteiger partial charge in [-0.15, -0.1) is 0 Å². The maximum absolute atomic E-state index is 4.92. The number of nitrogens with zero attached hydrogens (tertiary/aromatic N) is 4. The summed E-state index contributed by atoms with van der Waals surface area (Å²) in [5.41, 5.74) is 8.03. The molecule has 0 amide bonds. The lowest BCUT2D eigenvalue weighted by molar-refractivity contribution is 0.737. The molecule has 5 aromatic rings. The lowest BCUT2D eigenvalue weighted by atomic mass is 10.0. The van der Waals surface area contributed by atoms with Gasteiger partial charge in [-0.1, -0.05) is 18.2 Å². The van der Waals surface area contributed by atoms with Gasteiger partial charge < -0.3 is 10.3 Å². The van der Waals surface area contributed by atoms with Crippen LogP contribution < -0.4 is 5.32 Å². The Hall–Kier alpha value is -3.84. The fraction of sp³-hybridized carbons (Fsp3) is 0.130. The fourth-order valence-electron chi connectivity index (χ4n) is 4.04. The van der Waals surface area contributed by atoms with Gasteiger partial charge in [0.2, 0.25) is 0 Å². The Morgan fingerprint density at radius 3 is 2.80 bits per heavy atom. The summed E-state index contributed by atoms with van der Waals surface area (Å²) in [6, 6.07) is 12.3. The second-order valence-electron chi connectivity index (χ2n) is 7.39. The number of fused-ring (bicyclic) bond motifs is 2. The van der Waals surface area contributed by atoms with Gasteiger partial charge in [0.1, 0.15) is 5.69 Å². The molecule has 3 N–H and O–H groups in total. The van der Waals surface area contributed by atoms with E-state index in [9.17, 15) is 0 Å². The van der Waals surface area contributed by atoms with Crippen molar-refractivity contribution in [2.24, 2.45) is 0 Å². The number of benzene rings is 1. The van der Waals surface area contributed by atoms with Crippen LogP contribution in [-0.2, 0) is 0 Å². The number of imidazole rings is 1. The average molecular weight is 393 g/mol. The van der Waals surface area contributed by atoms with E-state index in [1.807, 2.05) is 30.5 Å². The minimum atomic E-state index is 0.745. The van der Waals surface area contributed by atoms with Crippen LogP contribution in [0.4, 0.5) is 0 Å². The number of nitrogens with one attached hydrogen (secondary N) is 3. The third-order valence-corrected chi connectivity index (χ3v) is 5.57. The van der Waals surface area contributed by atoms with Gasteiger partial charge in [0.25, 0.3) is 0 Å². The fourth-order valence-corrected chi connectivity index (χ4v) is 4.04. The second-order valence-corrected chi connectivity index (χ2v) is 7.39. The molecular weight excluding hydrogens is 374 g/mol. The van der Waals surface area contributed by atoms with Gasteiger partial charge in [-0.25, -0.2) is 4.98 Å². The first-order chi connectivity index (χ1) is 14.9. The van der Waals surface area contributed by atoms with Crippen molar-refractivity contribution in [3.8, 4) is 22.6 Å². The molecule has 0 unspecified atom stereocenters. The predicted molar refractivity (Wildman–Crippen MR) is 118 cm³/mol. The Kier molecular flexibility index (Phi) is 3.92. The molecule has 0 saturated carbocycles. The number of aromatic amines is 2. The molecule has 0 atom stereocenters. The maximum atomic E-state index is 4.92. The summed E-state index contributed by atoms with van der Waals surface area (Å²) in [7, 11) is 0. The molecule has 0 saturated heterocycles. The molecule has 146 valence electrons. The first-order valence-electron chi connectivity index (χ1n) is 10.0. The summed E-state index contributed by atoms with van der Waals surface area (Å²) in [5.74, 6) is 0.745. The number of H-pyrrole nitrogens is 2. The molecular formula is C23H19N7. The monoisotopic (exact) mass is 393 g/mol. The molecule has 0 spiro atoms. The van der Waals surface area contributed by atoms with Gasteiger partial charge in [0, 0.05) is 29.9 Å². The number of hydrogen-bond acceptors (Lipinski definition) is 5. The zero-order chi connectivity index (χ0) is 19.9. The van der Waals surface area contributed by atoms with Crippen LogP contribution in [0, 0.1) is 0 Å². The van der Waals surface area contributed by atoms with E-state index in [1.54, 1.807) is 12.4 Å². The highest BCUT2D eigenvalue weighted by atomic mass is 15.1. The van der Waals surface area contributed by atoms with Gasteiger partial charge in [-0.05, 0) is 48.4 Å². The standard InChI is InChI=1S/C23H19N7/c1-2-16(14-4-8-24-9-5-14)21-18(3-1)27-23(28-21)22-17-12-19(15-6-10-25-11-7-15)26-13-20(17)29-30-22/h1-6,8-9,12-13,25H,7,10-11H2,(H,27,28)(H,29,30). The predicted octanol–water partition coefficient (Wildman–Crippen LogP) is 3.94. The lowest BCUT2D eigenvalue weighted by Crippen LogP contribution is -2.20. The van der Waals surface area contributed by atoms with Crippen molar-refractivity contribution in [3.05, 3.63) is 66.8 Å². The van der Waals surface area contributed by atoms with Crippen molar-refractivity contribution in [2.75, 3.05) is 13.1 Å². The van der Waals surface area contributed by atoms with E-state index in [0.717, 1.165) is 69.8 Å². The summed E-state index contributed by atoms with van der Waals surface area (Å²) >= 11 is 0. The number of para-hydroxylation sites is 1. The summed E-state index contributed by atoms with van der Waals surface area (Å²) in [4.78, 5) is 17.1. The van der Waals surface area contributed by atoms with Gasteiger partial charge >= 0.3 is 0 Å². The zero-order valence-electron chi connectivity index (χ0n) is 16.2. The highest BCUT2D eigenvalue weighted by Gasteiger charge is 2.17. The molecule has 0 aliphatic carbocycles. The Morgan fingerprint density at radius 2 is 1.93 bits per heavy atom. The van der Waals surface area contributed by atoms with Crippen LogP contribution in [0.5, 0.6) is 0 Å². The van der Waals surface area contributed by atoms with Crippen molar-refractivity contribution in [1.82, 2.24) is 35.5 Å². The molecule has 7 nitrogen and oxygen atoms in total. The van der Waals surface area contributed by atoms with E-state index in [4.69, 9.17) is 4.98 Å². The SMILES string of the molecule is C1=C(c2cc3c(-c4nc5c(-c6ccncc6)cccc5[nH]4)n[nH]c3cn2)CCNC1. The average Bonchev–Trinajstić information content (AvgIpc) is 3.43. The summed E-state index contributed by atoms with van der Waals surface area (Å²) in [5, 5.41) is 12.0. The molecule has 1 aromatic carbocycles. The summed E-state index contributed by atoms with van der Waals surface area (Å²) in [6.07, 6.45) is 8.64. The van der Waals surface area contributed by atoms with E-state index >= 15 is 0 Å². The smallest absolute Gasteiger partial charge is 0.159 e. The van der Waals surface area contributed by atoms with Crippen molar-refractivity contribution >= 4 is 27.5 Å². The van der Waals surface area contributed by atoms with Crippen LogP contribution in [0.25, 0.3) is 50.2 Å². The zero-order valence-corrected chi connectivity index (χ0v) is 16.2. The molecule has 5 heterocycles. The maximum Gasteiger partial charge on any atom is 0.159 e. The van der Waals surface area contributed by atoms with Gasteiger partial charge in [-0.3, -0.25) is 15.1 Å². The molecule has 7 heteroatoms. The molecule has 30 heavy (non-hydrogen) atoms. The van der Waals surface area contributed by atoms with Crippen LogP contribution in [-0.4, -0.2) is 43.2 Å². The number of rotatable bonds is 3. The van der Waals surface area contributed by atoms with Gasteiger partial charge in [0.05, 0.1) is 28.4 Å². The highest BCUT2D eigenvalue weighted by Crippen LogP contribution is 2.32. The first kappa shape index (κ1) is 17.1. The topological polar surface area (TPSA) is 95.2 Å². The van der Waals surface area contributed by atoms with Crippen LogP contribution in [0.15, 0.2) is 61.1 Å². The Bertz CT molecular complexity index is 1400. The molecule has 1 aliphatic heterocycles. The van der Waals surface area contributed by atoms with E-state index in [0.29, 0.717) is 0 Å². The van der Waals surface area contributed by atoms with Gasteiger partial charge in [-0.2, -0.15) is 5.10 Å². The minimum absolute atomic E-state index is 0.745. The molecule has 0 bridgehead atoms. The molecule has 6 rings (SSSR count). The third-order valence-electron chi connectivity index (χ3n) is 5.57.